The molecule has 0 spiro atoms. The van der Waals surface area contributed by atoms with E-state index in [0.717, 1.165) is 35.8 Å². The van der Waals surface area contributed by atoms with Gasteiger partial charge < -0.3 is 5.32 Å². The third-order valence-corrected chi connectivity index (χ3v) is 6.02. The van der Waals surface area contributed by atoms with E-state index in [-0.39, 0.29) is 0 Å². The Morgan fingerprint density at radius 3 is 2.53 bits per heavy atom. The first-order chi connectivity index (χ1) is 8.16. The fraction of sp³-hybridized carbons (Fsp3) is 1.00. The van der Waals surface area contributed by atoms with Crippen LogP contribution in [-0.2, 0) is 0 Å². The number of fused-ring (bicyclic) bond motifs is 1. The standard InChI is InChI=1S/C15H28N2/c1-10-4-5-14(6-11(10)2)17-9-13-7-16-8-15(13)12(17)3/h10-16H,4-9H2,1-3H3. The van der Waals surface area contributed by atoms with Gasteiger partial charge in [0.05, 0.1) is 0 Å². The first-order valence-electron chi connectivity index (χ1n) is 7.63. The summed E-state index contributed by atoms with van der Waals surface area (Å²) < 4.78 is 0. The molecular formula is C15H28N2. The van der Waals surface area contributed by atoms with Crippen LogP contribution in [0.2, 0.25) is 0 Å². The summed E-state index contributed by atoms with van der Waals surface area (Å²) in [4.78, 5) is 2.86. The summed E-state index contributed by atoms with van der Waals surface area (Å²) >= 11 is 0. The normalized spacial score (nSPS) is 51.7. The van der Waals surface area contributed by atoms with Crippen molar-refractivity contribution in [3.05, 3.63) is 0 Å². The molecule has 6 atom stereocenters. The summed E-state index contributed by atoms with van der Waals surface area (Å²) in [7, 11) is 0. The zero-order valence-electron chi connectivity index (χ0n) is 11.7. The monoisotopic (exact) mass is 236 g/mol. The first-order valence-corrected chi connectivity index (χ1v) is 7.63. The SMILES string of the molecule is CC1CCC(N2CC3CNCC3C2C)CC1C. The summed E-state index contributed by atoms with van der Waals surface area (Å²) in [6.07, 6.45) is 4.34. The van der Waals surface area contributed by atoms with Crippen molar-refractivity contribution in [3.8, 4) is 0 Å². The largest absolute Gasteiger partial charge is 0.316 e. The van der Waals surface area contributed by atoms with E-state index in [2.05, 4.69) is 31.0 Å². The molecular weight excluding hydrogens is 208 g/mol. The van der Waals surface area contributed by atoms with E-state index in [0.29, 0.717) is 0 Å². The van der Waals surface area contributed by atoms with Gasteiger partial charge in [-0.25, -0.2) is 0 Å². The second-order valence-corrected chi connectivity index (χ2v) is 6.94. The number of nitrogens with one attached hydrogen (secondary N) is 1. The molecule has 3 fully saturated rings. The lowest BCUT2D eigenvalue weighted by Crippen LogP contribution is -2.44. The Morgan fingerprint density at radius 1 is 1.00 bits per heavy atom. The van der Waals surface area contributed by atoms with Crippen LogP contribution in [0.5, 0.6) is 0 Å². The smallest absolute Gasteiger partial charge is 0.0114 e. The molecule has 0 aromatic heterocycles. The van der Waals surface area contributed by atoms with E-state index in [1.807, 2.05) is 0 Å². The minimum atomic E-state index is 0.820. The van der Waals surface area contributed by atoms with Crippen molar-refractivity contribution in [3.63, 3.8) is 0 Å². The summed E-state index contributed by atoms with van der Waals surface area (Å²) in [5, 5.41) is 3.57. The fourth-order valence-corrected chi connectivity index (χ4v) is 4.50. The van der Waals surface area contributed by atoms with E-state index in [4.69, 9.17) is 0 Å². The number of hydrogen-bond acceptors (Lipinski definition) is 2. The predicted octanol–water partition coefficient (Wildman–Crippen LogP) is 2.35. The highest BCUT2D eigenvalue weighted by molar-refractivity contribution is 4.99. The van der Waals surface area contributed by atoms with Gasteiger partial charge >= 0.3 is 0 Å². The van der Waals surface area contributed by atoms with Gasteiger partial charge in [0, 0.05) is 18.6 Å². The molecule has 17 heavy (non-hydrogen) atoms. The summed E-state index contributed by atoms with van der Waals surface area (Å²) in [6, 6.07) is 1.71. The highest BCUT2D eigenvalue weighted by Crippen LogP contribution is 2.39. The van der Waals surface area contributed by atoms with Gasteiger partial charge in [-0.3, -0.25) is 4.90 Å². The van der Waals surface area contributed by atoms with E-state index in [9.17, 15) is 0 Å². The van der Waals surface area contributed by atoms with Crippen LogP contribution >= 0.6 is 0 Å². The van der Waals surface area contributed by atoms with Crippen LogP contribution in [0.1, 0.15) is 40.0 Å². The molecule has 2 nitrogen and oxygen atoms in total. The molecule has 1 aliphatic carbocycles. The van der Waals surface area contributed by atoms with Crippen molar-refractivity contribution < 1.29 is 0 Å². The van der Waals surface area contributed by atoms with Crippen LogP contribution < -0.4 is 5.32 Å². The minimum absolute atomic E-state index is 0.820. The Labute approximate surface area is 106 Å². The Bertz CT molecular complexity index is 278. The van der Waals surface area contributed by atoms with Crippen LogP contribution in [-0.4, -0.2) is 36.6 Å². The number of nitrogens with zero attached hydrogens (tertiary/aromatic N) is 1. The molecule has 1 saturated carbocycles. The molecule has 0 aromatic carbocycles. The Hall–Kier alpha value is -0.0800. The van der Waals surface area contributed by atoms with Crippen molar-refractivity contribution in [2.75, 3.05) is 19.6 Å². The maximum atomic E-state index is 3.57. The Balaban J connectivity index is 1.65. The van der Waals surface area contributed by atoms with Crippen molar-refractivity contribution in [2.45, 2.75) is 52.1 Å². The lowest BCUT2D eigenvalue weighted by molar-refractivity contribution is 0.0941. The summed E-state index contributed by atoms with van der Waals surface area (Å²) in [6.45, 7) is 11.3. The van der Waals surface area contributed by atoms with E-state index in [1.54, 1.807) is 0 Å². The molecule has 0 radical (unpaired) electrons. The third-order valence-electron chi connectivity index (χ3n) is 6.02. The zero-order chi connectivity index (χ0) is 12.0. The van der Waals surface area contributed by atoms with E-state index >= 15 is 0 Å². The van der Waals surface area contributed by atoms with Crippen molar-refractivity contribution in [1.82, 2.24) is 10.2 Å². The molecule has 2 heteroatoms. The van der Waals surface area contributed by atoms with Crippen molar-refractivity contribution >= 4 is 0 Å². The van der Waals surface area contributed by atoms with Gasteiger partial charge in [0.2, 0.25) is 0 Å². The van der Waals surface area contributed by atoms with E-state index in [1.165, 1.54) is 38.9 Å². The van der Waals surface area contributed by atoms with Crippen LogP contribution in [0.25, 0.3) is 0 Å². The van der Waals surface area contributed by atoms with Crippen molar-refractivity contribution in [2.24, 2.45) is 23.7 Å². The highest BCUT2D eigenvalue weighted by atomic mass is 15.2. The first kappa shape index (κ1) is 12.0. The summed E-state index contributed by atoms with van der Waals surface area (Å²) in [5.41, 5.74) is 0. The Kier molecular flexibility index (Phi) is 3.20. The van der Waals surface area contributed by atoms with Gasteiger partial charge in [0.15, 0.2) is 0 Å². The molecule has 6 unspecified atom stereocenters. The predicted molar refractivity (Wildman–Crippen MR) is 72.0 cm³/mol. The molecule has 98 valence electrons. The van der Waals surface area contributed by atoms with Gasteiger partial charge in [-0.05, 0) is 62.9 Å². The van der Waals surface area contributed by atoms with Gasteiger partial charge in [-0.2, -0.15) is 0 Å². The number of hydrogen-bond donors (Lipinski definition) is 1. The summed E-state index contributed by atoms with van der Waals surface area (Å²) in [5.74, 6) is 3.76. The molecule has 2 aliphatic heterocycles. The van der Waals surface area contributed by atoms with Gasteiger partial charge in [-0.1, -0.05) is 13.8 Å². The van der Waals surface area contributed by atoms with E-state index < -0.39 is 0 Å². The number of rotatable bonds is 1. The molecule has 0 bridgehead atoms. The van der Waals surface area contributed by atoms with Gasteiger partial charge in [0.1, 0.15) is 0 Å². The molecule has 0 amide bonds. The molecule has 2 saturated heterocycles. The molecule has 2 heterocycles. The maximum absolute atomic E-state index is 3.57. The van der Waals surface area contributed by atoms with Crippen molar-refractivity contribution in [1.29, 1.82) is 0 Å². The van der Waals surface area contributed by atoms with Crippen LogP contribution in [0.3, 0.4) is 0 Å². The van der Waals surface area contributed by atoms with Crippen LogP contribution in [0.15, 0.2) is 0 Å². The molecule has 0 aromatic rings. The van der Waals surface area contributed by atoms with Crippen LogP contribution in [0, 0.1) is 23.7 Å². The minimum Gasteiger partial charge on any atom is -0.316 e. The third kappa shape index (κ3) is 2.04. The fourth-order valence-electron chi connectivity index (χ4n) is 4.50. The topological polar surface area (TPSA) is 15.3 Å². The quantitative estimate of drug-likeness (QED) is 0.752. The second kappa shape index (κ2) is 4.55. The maximum Gasteiger partial charge on any atom is 0.0114 e. The molecule has 3 rings (SSSR count). The average molecular weight is 236 g/mol. The van der Waals surface area contributed by atoms with Crippen LogP contribution in [0.4, 0.5) is 0 Å². The van der Waals surface area contributed by atoms with Gasteiger partial charge in [0.25, 0.3) is 0 Å². The Morgan fingerprint density at radius 2 is 1.82 bits per heavy atom. The zero-order valence-corrected chi connectivity index (χ0v) is 11.7. The number of likely N-dealkylation sites (tertiary alicyclic amines) is 1. The lowest BCUT2D eigenvalue weighted by Gasteiger charge is -2.40. The lowest BCUT2D eigenvalue weighted by atomic mass is 9.78. The highest BCUT2D eigenvalue weighted by Gasteiger charge is 2.44. The van der Waals surface area contributed by atoms with Gasteiger partial charge in [-0.15, -0.1) is 0 Å². The average Bonchev–Trinajstić information content (AvgIpc) is 2.86. The molecule has 3 aliphatic rings. The molecule has 1 N–H and O–H groups in total. The second-order valence-electron chi connectivity index (χ2n) is 6.94.